The molecule has 0 bridgehead atoms. The highest BCUT2D eigenvalue weighted by atomic mass is 16.5. The van der Waals surface area contributed by atoms with E-state index in [-0.39, 0.29) is 17.3 Å². The van der Waals surface area contributed by atoms with Gasteiger partial charge in [0.1, 0.15) is 5.60 Å². The van der Waals surface area contributed by atoms with Gasteiger partial charge in [0.2, 0.25) is 0 Å². The second-order valence-electron chi connectivity index (χ2n) is 7.59. The van der Waals surface area contributed by atoms with Crippen molar-refractivity contribution < 1.29 is 14.6 Å². The van der Waals surface area contributed by atoms with E-state index in [2.05, 4.69) is 0 Å². The van der Waals surface area contributed by atoms with Crippen LogP contribution in [0.15, 0.2) is 0 Å². The first-order valence-corrected chi connectivity index (χ1v) is 9.04. The maximum atomic E-state index is 12.9. The van der Waals surface area contributed by atoms with Gasteiger partial charge in [0.25, 0.3) is 0 Å². The van der Waals surface area contributed by atoms with Gasteiger partial charge < -0.3 is 9.84 Å². The Kier molecular flexibility index (Phi) is 4.70. The van der Waals surface area contributed by atoms with Gasteiger partial charge in [-0.15, -0.1) is 0 Å². The number of hydrogen-bond donors (Lipinski definition) is 1. The summed E-state index contributed by atoms with van der Waals surface area (Å²) in [7, 11) is 0. The summed E-state index contributed by atoms with van der Waals surface area (Å²) in [6.45, 7) is 0.701. The fourth-order valence-electron chi connectivity index (χ4n) is 4.74. The van der Waals surface area contributed by atoms with Crippen LogP contribution in [0.4, 0.5) is 0 Å². The smallest absolute Gasteiger partial charge is 0.167 e. The van der Waals surface area contributed by atoms with Gasteiger partial charge in [-0.1, -0.05) is 44.9 Å². The lowest BCUT2D eigenvalue weighted by Gasteiger charge is -2.44. The number of carbonyl (C=O) groups is 1. The molecule has 2 aliphatic carbocycles. The van der Waals surface area contributed by atoms with Gasteiger partial charge in [-0.05, 0) is 38.5 Å². The standard InChI is InChI=1S/C18H30O3/c19-16(18(20)11-6-1-2-7-12-18)15-8-13-21-17(14-15)9-4-3-5-10-17/h15,20H,1-14H2. The van der Waals surface area contributed by atoms with Crippen LogP contribution in [0, 0.1) is 5.92 Å². The van der Waals surface area contributed by atoms with Crippen molar-refractivity contribution in [1.82, 2.24) is 0 Å². The van der Waals surface area contributed by atoms with E-state index in [1.807, 2.05) is 0 Å². The minimum atomic E-state index is -1.03. The average molecular weight is 294 g/mol. The van der Waals surface area contributed by atoms with Crippen LogP contribution in [0.5, 0.6) is 0 Å². The quantitative estimate of drug-likeness (QED) is 0.789. The van der Waals surface area contributed by atoms with Crippen LogP contribution >= 0.6 is 0 Å². The summed E-state index contributed by atoms with van der Waals surface area (Å²) >= 11 is 0. The molecule has 3 fully saturated rings. The number of ether oxygens (including phenoxy) is 1. The molecule has 3 rings (SSSR count). The third-order valence-electron chi connectivity index (χ3n) is 6.02. The molecule has 1 unspecified atom stereocenters. The van der Waals surface area contributed by atoms with Crippen molar-refractivity contribution in [3.63, 3.8) is 0 Å². The maximum Gasteiger partial charge on any atom is 0.167 e. The van der Waals surface area contributed by atoms with Gasteiger partial charge in [0.05, 0.1) is 5.60 Å². The van der Waals surface area contributed by atoms with E-state index in [1.54, 1.807) is 0 Å². The van der Waals surface area contributed by atoms with Crippen LogP contribution in [0.1, 0.15) is 83.5 Å². The zero-order chi connectivity index (χ0) is 14.8. The Hall–Kier alpha value is -0.410. The monoisotopic (exact) mass is 294 g/mol. The highest BCUT2D eigenvalue weighted by Gasteiger charge is 2.46. The number of aliphatic hydroxyl groups is 1. The molecule has 3 aliphatic rings. The molecule has 1 atom stereocenters. The van der Waals surface area contributed by atoms with E-state index in [4.69, 9.17) is 4.74 Å². The van der Waals surface area contributed by atoms with E-state index in [9.17, 15) is 9.90 Å². The molecule has 0 radical (unpaired) electrons. The van der Waals surface area contributed by atoms with Crippen molar-refractivity contribution >= 4 is 5.78 Å². The van der Waals surface area contributed by atoms with Crippen molar-refractivity contribution in [2.75, 3.05) is 6.61 Å². The molecule has 3 nitrogen and oxygen atoms in total. The second kappa shape index (κ2) is 6.37. The lowest BCUT2D eigenvalue weighted by atomic mass is 9.71. The largest absolute Gasteiger partial charge is 0.382 e. The van der Waals surface area contributed by atoms with Crippen LogP contribution in [-0.4, -0.2) is 28.7 Å². The van der Waals surface area contributed by atoms with E-state index < -0.39 is 5.60 Å². The molecule has 120 valence electrons. The van der Waals surface area contributed by atoms with E-state index in [0.717, 1.165) is 51.4 Å². The van der Waals surface area contributed by atoms with Crippen molar-refractivity contribution in [3.8, 4) is 0 Å². The van der Waals surface area contributed by atoms with Crippen LogP contribution in [0.3, 0.4) is 0 Å². The van der Waals surface area contributed by atoms with Crippen LogP contribution < -0.4 is 0 Å². The summed E-state index contributed by atoms with van der Waals surface area (Å²) in [5.74, 6) is 0.164. The Labute approximate surface area is 128 Å². The van der Waals surface area contributed by atoms with Crippen molar-refractivity contribution in [2.24, 2.45) is 5.92 Å². The van der Waals surface area contributed by atoms with Gasteiger partial charge in [-0.2, -0.15) is 0 Å². The van der Waals surface area contributed by atoms with Crippen molar-refractivity contribution in [2.45, 2.75) is 94.7 Å². The molecule has 3 heteroatoms. The summed E-state index contributed by atoms with van der Waals surface area (Å²) in [5, 5.41) is 10.9. The lowest BCUT2D eigenvalue weighted by molar-refractivity contribution is -0.158. The van der Waals surface area contributed by atoms with Gasteiger partial charge in [0.15, 0.2) is 5.78 Å². The second-order valence-corrected chi connectivity index (χ2v) is 7.59. The minimum absolute atomic E-state index is 0.0277. The average Bonchev–Trinajstić information content (AvgIpc) is 2.73. The predicted molar refractivity (Wildman–Crippen MR) is 82.2 cm³/mol. The summed E-state index contributed by atoms with van der Waals surface area (Å²) < 4.78 is 6.10. The highest BCUT2D eigenvalue weighted by Crippen LogP contribution is 2.43. The Morgan fingerprint density at radius 1 is 0.905 bits per heavy atom. The third-order valence-corrected chi connectivity index (χ3v) is 6.02. The number of Topliss-reactive ketones (excluding diaryl/α,β-unsaturated/α-hetero) is 1. The first kappa shape index (κ1) is 15.5. The Bertz CT molecular complexity index is 357. The Balaban J connectivity index is 1.68. The van der Waals surface area contributed by atoms with Crippen LogP contribution in [0.25, 0.3) is 0 Å². The topological polar surface area (TPSA) is 46.5 Å². The van der Waals surface area contributed by atoms with Gasteiger partial charge in [-0.3, -0.25) is 4.79 Å². The van der Waals surface area contributed by atoms with Crippen LogP contribution in [-0.2, 0) is 9.53 Å². The highest BCUT2D eigenvalue weighted by molar-refractivity contribution is 5.89. The van der Waals surface area contributed by atoms with Gasteiger partial charge in [-0.25, -0.2) is 0 Å². The number of rotatable bonds is 2. The molecule has 1 saturated heterocycles. The molecule has 0 aromatic carbocycles. The fraction of sp³-hybridized carbons (Fsp3) is 0.944. The summed E-state index contributed by atoms with van der Waals surface area (Å²) in [4.78, 5) is 12.9. The SMILES string of the molecule is O=C(C1CCOC2(CCCCC2)C1)C1(O)CCCCCC1. The van der Waals surface area contributed by atoms with Crippen molar-refractivity contribution in [1.29, 1.82) is 0 Å². The molecule has 2 saturated carbocycles. The predicted octanol–water partition coefficient (Wildman–Crippen LogP) is 3.77. The number of hydrogen-bond acceptors (Lipinski definition) is 3. The summed E-state index contributed by atoms with van der Waals surface area (Å²) in [5.41, 5.74) is -1.08. The number of carbonyl (C=O) groups excluding carboxylic acids is 1. The molecule has 1 spiro atoms. The summed E-state index contributed by atoms with van der Waals surface area (Å²) in [6, 6.07) is 0. The lowest BCUT2D eigenvalue weighted by Crippen LogP contribution is -2.49. The Morgan fingerprint density at radius 3 is 2.14 bits per heavy atom. The minimum Gasteiger partial charge on any atom is -0.382 e. The van der Waals surface area contributed by atoms with Crippen LogP contribution in [0.2, 0.25) is 0 Å². The first-order chi connectivity index (χ1) is 10.1. The van der Waals surface area contributed by atoms with E-state index in [0.29, 0.717) is 19.4 Å². The molecule has 1 aliphatic heterocycles. The normalized spacial score (nSPS) is 32.5. The van der Waals surface area contributed by atoms with E-state index in [1.165, 1.54) is 19.3 Å². The first-order valence-electron chi connectivity index (χ1n) is 9.04. The zero-order valence-electron chi connectivity index (χ0n) is 13.2. The third kappa shape index (κ3) is 3.34. The molecule has 21 heavy (non-hydrogen) atoms. The fourth-order valence-corrected chi connectivity index (χ4v) is 4.74. The number of ketones is 1. The van der Waals surface area contributed by atoms with Gasteiger partial charge in [0, 0.05) is 12.5 Å². The molecule has 1 N–H and O–H groups in total. The molecule has 1 heterocycles. The molecular formula is C18H30O3. The molecule has 0 amide bonds. The molecule has 0 aromatic heterocycles. The van der Waals surface area contributed by atoms with Crippen molar-refractivity contribution in [3.05, 3.63) is 0 Å². The zero-order valence-corrected chi connectivity index (χ0v) is 13.2. The van der Waals surface area contributed by atoms with E-state index >= 15 is 0 Å². The summed E-state index contributed by atoms with van der Waals surface area (Å²) in [6.07, 6.45) is 13.3. The van der Waals surface area contributed by atoms with Gasteiger partial charge >= 0.3 is 0 Å². The maximum absolute atomic E-state index is 12.9. The molecular weight excluding hydrogens is 264 g/mol. The Morgan fingerprint density at radius 2 is 1.48 bits per heavy atom. The molecule has 0 aromatic rings.